The Morgan fingerprint density at radius 2 is 2.14 bits per heavy atom. The number of benzene rings is 1. The highest BCUT2D eigenvalue weighted by Crippen LogP contribution is 2.35. The summed E-state index contributed by atoms with van der Waals surface area (Å²) in [5.41, 5.74) is 1.92. The second kappa shape index (κ2) is 7.39. The van der Waals surface area contributed by atoms with Crippen molar-refractivity contribution in [1.82, 2.24) is 14.5 Å². The normalized spacial score (nSPS) is 20.4. The molecule has 7 heteroatoms. The first-order valence-corrected chi connectivity index (χ1v) is 10.6. The van der Waals surface area contributed by atoms with E-state index in [9.17, 15) is 9.18 Å². The fourth-order valence-corrected chi connectivity index (χ4v) is 5.63. The molecule has 2 aliphatic rings. The Labute approximate surface area is 166 Å². The molecule has 0 radical (unpaired) electrons. The summed E-state index contributed by atoms with van der Waals surface area (Å²) in [6.45, 7) is 3.93. The number of thiophene rings is 1. The lowest BCUT2D eigenvalue weighted by molar-refractivity contribution is 0.0140. The number of morpholine rings is 1. The first-order valence-electron chi connectivity index (χ1n) is 9.75. The van der Waals surface area contributed by atoms with Crippen molar-refractivity contribution in [3.8, 4) is 0 Å². The summed E-state index contributed by atoms with van der Waals surface area (Å²) in [5.74, 6) is -0.290. The van der Waals surface area contributed by atoms with E-state index < -0.39 is 0 Å². The maximum atomic E-state index is 13.5. The van der Waals surface area contributed by atoms with Gasteiger partial charge in [-0.1, -0.05) is 12.1 Å². The quantitative estimate of drug-likeness (QED) is 0.680. The molecule has 1 unspecified atom stereocenters. The molecule has 0 spiro atoms. The van der Waals surface area contributed by atoms with Crippen molar-refractivity contribution < 1.29 is 9.13 Å². The second-order valence-electron chi connectivity index (χ2n) is 7.54. The van der Waals surface area contributed by atoms with Gasteiger partial charge in [-0.05, 0) is 42.5 Å². The molecule has 1 aliphatic carbocycles. The number of halogens is 1. The Hall–Kier alpha value is -2.09. The van der Waals surface area contributed by atoms with E-state index in [-0.39, 0.29) is 11.4 Å². The Morgan fingerprint density at radius 3 is 2.96 bits per heavy atom. The number of rotatable bonds is 3. The van der Waals surface area contributed by atoms with Crippen molar-refractivity contribution >= 4 is 21.6 Å². The molecule has 1 fully saturated rings. The highest BCUT2D eigenvalue weighted by Gasteiger charge is 2.29. The minimum Gasteiger partial charge on any atom is -0.379 e. The zero-order valence-electron chi connectivity index (χ0n) is 15.6. The zero-order chi connectivity index (χ0) is 19.1. The van der Waals surface area contributed by atoms with Crippen LogP contribution in [0.5, 0.6) is 0 Å². The van der Waals surface area contributed by atoms with Crippen LogP contribution in [0.3, 0.4) is 0 Å². The summed E-state index contributed by atoms with van der Waals surface area (Å²) in [4.78, 5) is 22.3. The summed E-state index contributed by atoms with van der Waals surface area (Å²) in [6.07, 6.45) is 4.56. The van der Waals surface area contributed by atoms with Gasteiger partial charge in [-0.2, -0.15) is 0 Å². The predicted octanol–water partition coefficient (Wildman–Crippen LogP) is 2.83. The average Bonchev–Trinajstić information content (AvgIpc) is 3.09. The highest BCUT2D eigenvalue weighted by atomic mass is 32.1. The molecule has 0 bridgehead atoms. The predicted molar refractivity (Wildman–Crippen MR) is 108 cm³/mol. The number of aryl methyl sites for hydroxylation is 1. The van der Waals surface area contributed by atoms with Crippen LogP contribution in [0.2, 0.25) is 0 Å². The maximum absolute atomic E-state index is 13.5. The summed E-state index contributed by atoms with van der Waals surface area (Å²) in [6, 6.07) is 6.90. The van der Waals surface area contributed by atoms with Gasteiger partial charge in [0.25, 0.3) is 5.56 Å². The van der Waals surface area contributed by atoms with Crippen LogP contribution in [0.25, 0.3) is 10.2 Å². The van der Waals surface area contributed by atoms with E-state index in [1.165, 1.54) is 22.6 Å². The molecule has 0 saturated carbocycles. The number of hydrogen-bond acceptors (Lipinski definition) is 5. The molecule has 1 atom stereocenters. The monoisotopic (exact) mass is 399 g/mol. The van der Waals surface area contributed by atoms with Crippen LogP contribution in [-0.2, 0) is 24.1 Å². The lowest BCUT2D eigenvalue weighted by Gasteiger charge is -2.36. The van der Waals surface area contributed by atoms with Gasteiger partial charge < -0.3 is 4.74 Å². The Morgan fingerprint density at radius 1 is 1.29 bits per heavy atom. The van der Waals surface area contributed by atoms with E-state index in [0.29, 0.717) is 12.6 Å². The minimum atomic E-state index is -0.290. The van der Waals surface area contributed by atoms with Gasteiger partial charge in [0.2, 0.25) is 0 Å². The van der Waals surface area contributed by atoms with Crippen LogP contribution in [0.1, 0.15) is 22.4 Å². The SMILES string of the molecule is O=c1c2c3c(sc2ncn1Cc1cccc(F)c1)CC(N1CCOCC1)CC3. The van der Waals surface area contributed by atoms with E-state index in [4.69, 9.17) is 4.74 Å². The molecule has 2 aromatic heterocycles. The molecule has 3 aromatic rings. The molecule has 28 heavy (non-hydrogen) atoms. The Balaban J connectivity index is 1.46. The standard InChI is InChI=1S/C21H22FN3O2S/c22-15-3-1-2-14(10-15)12-25-13-23-20-19(21(25)26)17-5-4-16(11-18(17)28-20)24-6-8-27-9-7-24/h1-3,10,13,16H,4-9,11-12H2. The molecule has 1 aliphatic heterocycles. The summed E-state index contributed by atoms with van der Waals surface area (Å²) >= 11 is 1.66. The van der Waals surface area contributed by atoms with Crippen molar-refractivity contribution in [2.24, 2.45) is 0 Å². The number of hydrogen-bond donors (Lipinski definition) is 0. The summed E-state index contributed by atoms with van der Waals surface area (Å²) < 4.78 is 20.5. The maximum Gasteiger partial charge on any atom is 0.262 e. The van der Waals surface area contributed by atoms with Gasteiger partial charge >= 0.3 is 0 Å². The molecule has 146 valence electrons. The van der Waals surface area contributed by atoms with Gasteiger partial charge in [-0.3, -0.25) is 14.3 Å². The zero-order valence-corrected chi connectivity index (χ0v) is 16.4. The summed E-state index contributed by atoms with van der Waals surface area (Å²) in [5, 5.41) is 0.763. The van der Waals surface area contributed by atoms with Gasteiger partial charge in [0, 0.05) is 24.0 Å². The van der Waals surface area contributed by atoms with Crippen molar-refractivity contribution in [3.63, 3.8) is 0 Å². The second-order valence-corrected chi connectivity index (χ2v) is 8.62. The van der Waals surface area contributed by atoms with E-state index in [2.05, 4.69) is 9.88 Å². The molecular formula is C21H22FN3O2S. The fourth-order valence-electron chi connectivity index (χ4n) is 4.38. The lowest BCUT2D eigenvalue weighted by atomic mass is 9.92. The minimum absolute atomic E-state index is 0.0171. The molecule has 3 heterocycles. The van der Waals surface area contributed by atoms with E-state index in [1.54, 1.807) is 28.3 Å². The Kier molecular flexibility index (Phi) is 4.74. The fraction of sp³-hybridized carbons (Fsp3) is 0.429. The molecule has 0 amide bonds. The number of ether oxygens (including phenoxy) is 1. The van der Waals surface area contributed by atoms with Crippen LogP contribution < -0.4 is 5.56 Å². The van der Waals surface area contributed by atoms with Crippen molar-refractivity contribution in [1.29, 1.82) is 0 Å². The van der Waals surface area contributed by atoms with Crippen LogP contribution in [0.15, 0.2) is 35.4 Å². The third-order valence-electron chi connectivity index (χ3n) is 5.81. The van der Waals surface area contributed by atoms with Crippen molar-refractivity contribution in [3.05, 3.63) is 62.8 Å². The molecular weight excluding hydrogens is 377 g/mol. The topological polar surface area (TPSA) is 47.4 Å². The van der Waals surface area contributed by atoms with Crippen LogP contribution in [-0.4, -0.2) is 46.8 Å². The van der Waals surface area contributed by atoms with Gasteiger partial charge in [0.05, 0.1) is 31.5 Å². The molecule has 1 saturated heterocycles. The van der Waals surface area contributed by atoms with Crippen LogP contribution >= 0.6 is 11.3 Å². The third kappa shape index (κ3) is 3.27. The molecule has 0 N–H and O–H groups in total. The van der Waals surface area contributed by atoms with Gasteiger partial charge in [-0.15, -0.1) is 11.3 Å². The summed E-state index contributed by atoms with van der Waals surface area (Å²) in [7, 11) is 0. The first-order chi connectivity index (χ1) is 13.7. The number of fused-ring (bicyclic) bond motifs is 3. The van der Waals surface area contributed by atoms with Gasteiger partial charge in [0.1, 0.15) is 10.6 Å². The van der Waals surface area contributed by atoms with Crippen LogP contribution in [0.4, 0.5) is 4.39 Å². The average molecular weight is 399 g/mol. The van der Waals surface area contributed by atoms with Gasteiger partial charge in [0.15, 0.2) is 0 Å². The smallest absolute Gasteiger partial charge is 0.262 e. The lowest BCUT2D eigenvalue weighted by Crippen LogP contribution is -2.45. The highest BCUT2D eigenvalue weighted by molar-refractivity contribution is 7.18. The first kappa shape index (κ1) is 18.0. The van der Waals surface area contributed by atoms with E-state index >= 15 is 0 Å². The van der Waals surface area contributed by atoms with Gasteiger partial charge in [-0.25, -0.2) is 9.37 Å². The van der Waals surface area contributed by atoms with E-state index in [1.807, 2.05) is 6.07 Å². The molecule has 1 aromatic carbocycles. The molecule has 5 nitrogen and oxygen atoms in total. The van der Waals surface area contributed by atoms with Crippen molar-refractivity contribution in [2.75, 3.05) is 26.3 Å². The van der Waals surface area contributed by atoms with Crippen molar-refractivity contribution in [2.45, 2.75) is 31.8 Å². The third-order valence-corrected chi connectivity index (χ3v) is 6.98. The van der Waals surface area contributed by atoms with Crippen LogP contribution in [0, 0.1) is 5.82 Å². The molecule has 5 rings (SSSR count). The number of aromatic nitrogens is 2. The van der Waals surface area contributed by atoms with E-state index in [0.717, 1.165) is 61.3 Å². The Bertz CT molecular complexity index is 1070. The number of nitrogens with zero attached hydrogens (tertiary/aromatic N) is 3. The largest absolute Gasteiger partial charge is 0.379 e.